The van der Waals surface area contributed by atoms with Gasteiger partial charge in [-0.2, -0.15) is 0 Å². The first-order valence-electron chi connectivity index (χ1n) is 9.11. The van der Waals surface area contributed by atoms with Crippen molar-refractivity contribution in [1.82, 2.24) is 9.88 Å². The summed E-state index contributed by atoms with van der Waals surface area (Å²) in [5, 5.41) is 2.45. The van der Waals surface area contributed by atoms with E-state index < -0.39 is 17.4 Å². The van der Waals surface area contributed by atoms with Gasteiger partial charge in [0.25, 0.3) is 11.5 Å². The Morgan fingerprint density at radius 3 is 2.59 bits per heavy atom. The molecule has 0 aliphatic carbocycles. The summed E-state index contributed by atoms with van der Waals surface area (Å²) < 4.78 is 6.67. The summed E-state index contributed by atoms with van der Waals surface area (Å²) >= 11 is 0. The lowest BCUT2D eigenvalue weighted by atomic mass is 10.0. The summed E-state index contributed by atoms with van der Waals surface area (Å²) in [5.41, 5.74) is 1.62. The minimum absolute atomic E-state index is 0.0807. The molecule has 1 aromatic carbocycles. The predicted octanol–water partition coefficient (Wildman–Crippen LogP) is 3.08. The molecule has 0 bridgehead atoms. The highest BCUT2D eigenvalue weighted by molar-refractivity contribution is 5.97. The van der Waals surface area contributed by atoms with Crippen molar-refractivity contribution in [2.75, 3.05) is 13.7 Å². The quantitative estimate of drug-likeness (QED) is 0.600. The topological polar surface area (TPSA) is 77.4 Å². The number of aryl methyl sites for hydroxylation is 1. The van der Waals surface area contributed by atoms with Crippen LogP contribution in [0.2, 0.25) is 0 Å². The first kappa shape index (κ1) is 20.4. The van der Waals surface area contributed by atoms with Gasteiger partial charge in [0.05, 0.1) is 18.2 Å². The number of aromatic nitrogens is 1. The van der Waals surface area contributed by atoms with E-state index in [4.69, 9.17) is 4.74 Å². The van der Waals surface area contributed by atoms with Gasteiger partial charge >= 0.3 is 5.97 Å². The van der Waals surface area contributed by atoms with Crippen LogP contribution in [0.15, 0.2) is 41.3 Å². The lowest BCUT2D eigenvalue weighted by Gasteiger charge is -2.19. The van der Waals surface area contributed by atoms with Crippen LogP contribution in [0, 0.1) is 6.92 Å². The Morgan fingerprint density at radius 1 is 1.26 bits per heavy atom. The van der Waals surface area contributed by atoms with Gasteiger partial charge in [0.2, 0.25) is 0 Å². The van der Waals surface area contributed by atoms with Gasteiger partial charge in [-0.3, -0.25) is 9.59 Å². The zero-order valence-electron chi connectivity index (χ0n) is 16.2. The smallest absolute Gasteiger partial charge is 0.339 e. The molecule has 1 aromatic heterocycles. The number of unbranched alkanes of at least 4 members (excludes halogenated alkanes) is 1. The van der Waals surface area contributed by atoms with Crippen LogP contribution in [0.25, 0.3) is 0 Å². The third kappa shape index (κ3) is 4.64. The summed E-state index contributed by atoms with van der Waals surface area (Å²) in [7, 11) is 1.45. The van der Waals surface area contributed by atoms with Crippen LogP contribution >= 0.6 is 0 Å². The van der Waals surface area contributed by atoms with Crippen LogP contribution in [-0.4, -0.2) is 30.1 Å². The molecule has 0 aliphatic rings. The van der Waals surface area contributed by atoms with Crippen LogP contribution < -0.4 is 10.9 Å². The highest BCUT2D eigenvalue weighted by Gasteiger charge is 2.21. The zero-order valence-corrected chi connectivity index (χ0v) is 16.2. The number of nitrogens with zero attached hydrogens (tertiary/aromatic N) is 1. The standard InChI is InChI=1S/C21H26N2O4/c1-5-6-11-27-21(26)16-12-18(19(24)22-4)20(25)23(13-16)15(3)17-10-8-7-9-14(17)2/h7-10,12-13,15H,5-6,11H2,1-4H3,(H,22,24). The molecule has 1 amide bonds. The van der Waals surface area contributed by atoms with Crippen LogP contribution in [0.1, 0.15) is 64.6 Å². The van der Waals surface area contributed by atoms with E-state index in [0.29, 0.717) is 6.61 Å². The fourth-order valence-corrected chi connectivity index (χ4v) is 2.90. The molecule has 6 nitrogen and oxygen atoms in total. The van der Waals surface area contributed by atoms with Crippen molar-refractivity contribution in [3.63, 3.8) is 0 Å². The lowest BCUT2D eigenvalue weighted by Crippen LogP contribution is -2.34. The van der Waals surface area contributed by atoms with Crippen molar-refractivity contribution in [1.29, 1.82) is 0 Å². The number of esters is 1. The summed E-state index contributed by atoms with van der Waals surface area (Å²) in [6.45, 7) is 6.13. The second-order valence-corrected chi connectivity index (χ2v) is 6.46. The summed E-state index contributed by atoms with van der Waals surface area (Å²) in [6.07, 6.45) is 3.13. The molecule has 6 heteroatoms. The minimum Gasteiger partial charge on any atom is -0.462 e. The Morgan fingerprint density at radius 2 is 1.96 bits per heavy atom. The van der Waals surface area contributed by atoms with Crippen molar-refractivity contribution in [3.05, 3.63) is 69.1 Å². The number of ether oxygens (including phenoxy) is 1. The summed E-state index contributed by atoms with van der Waals surface area (Å²) in [4.78, 5) is 37.5. The van der Waals surface area contributed by atoms with Gasteiger partial charge in [-0.25, -0.2) is 4.79 Å². The zero-order chi connectivity index (χ0) is 20.0. The molecule has 1 N–H and O–H groups in total. The van der Waals surface area contributed by atoms with Crippen molar-refractivity contribution < 1.29 is 14.3 Å². The monoisotopic (exact) mass is 370 g/mol. The molecule has 27 heavy (non-hydrogen) atoms. The maximum absolute atomic E-state index is 12.9. The van der Waals surface area contributed by atoms with Crippen LogP contribution in [0.5, 0.6) is 0 Å². The lowest BCUT2D eigenvalue weighted by molar-refractivity contribution is 0.0498. The highest BCUT2D eigenvalue weighted by Crippen LogP contribution is 2.21. The first-order chi connectivity index (χ1) is 12.9. The van der Waals surface area contributed by atoms with Crippen molar-refractivity contribution in [2.45, 2.75) is 39.7 Å². The molecule has 1 unspecified atom stereocenters. The summed E-state index contributed by atoms with van der Waals surface area (Å²) in [6, 6.07) is 8.66. The number of pyridine rings is 1. The van der Waals surface area contributed by atoms with Gasteiger partial charge in [-0.1, -0.05) is 37.6 Å². The predicted molar refractivity (Wildman–Crippen MR) is 104 cm³/mol. The molecular formula is C21H26N2O4. The molecule has 2 rings (SSSR count). The number of rotatable bonds is 7. The molecule has 0 fully saturated rings. The number of benzene rings is 1. The molecular weight excluding hydrogens is 344 g/mol. The Kier molecular flexibility index (Phi) is 6.93. The number of hydrogen-bond donors (Lipinski definition) is 1. The molecule has 144 valence electrons. The van der Waals surface area contributed by atoms with E-state index in [9.17, 15) is 14.4 Å². The largest absolute Gasteiger partial charge is 0.462 e. The third-order valence-corrected chi connectivity index (χ3v) is 4.54. The SMILES string of the molecule is CCCCOC(=O)c1cc(C(=O)NC)c(=O)n(C(C)c2ccccc2C)c1. The fraction of sp³-hybridized carbons (Fsp3) is 0.381. The van der Waals surface area contributed by atoms with E-state index >= 15 is 0 Å². The second kappa shape index (κ2) is 9.16. The van der Waals surface area contributed by atoms with Crippen molar-refractivity contribution >= 4 is 11.9 Å². The van der Waals surface area contributed by atoms with Crippen LogP contribution in [-0.2, 0) is 4.74 Å². The molecule has 0 aliphatic heterocycles. The van der Waals surface area contributed by atoms with E-state index in [-0.39, 0.29) is 17.2 Å². The van der Waals surface area contributed by atoms with Crippen LogP contribution in [0.4, 0.5) is 0 Å². The Hall–Kier alpha value is -2.89. The molecule has 1 atom stereocenters. The summed E-state index contributed by atoms with van der Waals surface area (Å²) in [5.74, 6) is -1.08. The maximum Gasteiger partial charge on any atom is 0.339 e. The van der Waals surface area contributed by atoms with E-state index in [2.05, 4.69) is 5.32 Å². The molecule has 0 radical (unpaired) electrons. The number of amides is 1. The van der Waals surface area contributed by atoms with Gasteiger partial charge in [-0.15, -0.1) is 0 Å². The molecule has 2 aromatic rings. The molecule has 0 saturated carbocycles. The fourth-order valence-electron chi connectivity index (χ4n) is 2.90. The average Bonchev–Trinajstić information content (AvgIpc) is 2.67. The Balaban J connectivity index is 2.54. The van der Waals surface area contributed by atoms with Gasteiger partial charge in [0.15, 0.2) is 0 Å². The average molecular weight is 370 g/mol. The molecule has 0 saturated heterocycles. The van der Waals surface area contributed by atoms with Gasteiger partial charge < -0.3 is 14.6 Å². The van der Waals surface area contributed by atoms with E-state index in [0.717, 1.165) is 24.0 Å². The third-order valence-electron chi connectivity index (χ3n) is 4.54. The van der Waals surface area contributed by atoms with E-state index in [1.807, 2.05) is 45.0 Å². The normalized spacial score (nSPS) is 11.7. The van der Waals surface area contributed by atoms with Crippen molar-refractivity contribution in [3.8, 4) is 0 Å². The Bertz CT molecular complexity index is 886. The van der Waals surface area contributed by atoms with Crippen molar-refractivity contribution in [2.24, 2.45) is 0 Å². The first-order valence-corrected chi connectivity index (χ1v) is 9.11. The second-order valence-electron chi connectivity index (χ2n) is 6.46. The van der Waals surface area contributed by atoms with E-state index in [1.54, 1.807) is 0 Å². The van der Waals surface area contributed by atoms with Gasteiger partial charge in [0.1, 0.15) is 5.56 Å². The van der Waals surface area contributed by atoms with E-state index in [1.165, 1.54) is 23.9 Å². The number of nitrogens with one attached hydrogen (secondary N) is 1. The Labute approximate surface area is 159 Å². The maximum atomic E-state index is 12.9. The van der Waals surface area contributed by atoms with Gasteiger partial charge in [0, 0.05) is 13.2 Å². The number of carbonyl (C=O) groups excluding carboxylic acids is 2. The van der Waals surface area contributed by atoms with Gasteiger partial charge in [-0.05, 0) is 37.5 Å². The van der Waals surface area contributed by atoms with Crippen LogP contribution in [0.3, 0.4) is 0 Å². The highest BCUT2D eigenvalue weighted by atomic mass is 16.5. The molecule has 1 heterocycles. The minimum atomic E-state index is -0.542. The number of hydrogen-bond acceptors (Lipinski definition) is 4. The number of carbonyl (C=O) groups is 2. The molecule has 0 spiro atoms.